The fourth-order valence-corrected chi connectivity index (χ4v) is 3.14. The van der Waals surface area contributed by atoms with E-state index in [0.29, 0.717) is 5.95 Å². The van der Waals surface area contributed by atoms with Crippen molar-refractivity contribution in [1.29, 1.82) is 0 Å². The number of hydrazine groups is 1. The van der Waals surface area contributed by atoms with E-state index in [9.17, 15) is 4.79 Å². The molecule has 1 aliphatic rings. The number of carbonyl (C=O) groups is 1. The van der Waals surface area contributed by atoms with E-state index in [-0.39, 0.29) is 5.91 Å². The molecule has 0 unspecified atom stereocenters. The number of carbonyl (C=O) groups excluding carboxylic acids is 1. The number of hydrogen-bond donors (Lipinski definition) is 2. The second-order valence-corrected chi connectivity index (χ2v) is 5.54. The van der Waals surface area contributed by atoms with Crippen LogP contribution in [0.2, 0.25) is 0 Å². The summed E-state index contributed by atoms with van der Waals surface area (Å²) in [6.07, 6.45) is 0. The Kier molecular flexibility index (Phi) is 3.41. The van der Waals surface area contributed by atoms with Gasteiger partial charge in [-0.3, -0.25) is 10.2 Å². The minimum Gasteiger partial charge on any atom is -0.352 e. The maximum atomic E-state index is 11.4. The highest BCUT2D eigenvalue weighted by Gasteiger charge is 2.22. The Morgan fingerprint density at radius 1 is 1.35 bits per heavy atom. The number of fused-ring (bicyclic) bond motifs is 1. The van der Waals surface area contributed by atoms with Crippen molar-refractivity contribution in [2.75, 3.05) is 36.5 Å². The van der Waals surface area contributed by atoms with Gasteiger partial charge in [-0.05, 0) is 11.4 Å². The van der Waals surface area contributed by atoms with E-state index < -0.39 is 0 Å². The van der Waals surface area contributed by atoms with Gasteiger partial charge in [0.15, 0.2) is 0 Å². The minimum atomic E-state index is 0.123. The molecule has 106 valence electrons. The molecule has 2 aromatic rings. The Hall–Kier alpha value is -1.93. The molecular formula is C12H16N6OS. The molecule has 1 amide bonds. The summed E-state index contributed by atoms with van der Waals surface area (Å²) in [5, 5.41) is 3.03. The first-order valence-electron chi connectivity index (χ1n) is 6.41. The van der Waals surface area contributed by atoms with Crippen molar-refractivity contribution in [3.63, 3.8) is 0 Å². The maximum absolute atomic E-state index is 11.4. The molecule has 1 fully saturated rings. The summed E-state index contributed by atoms with van der Waals surface area (Å²) in [6, 6.07) is 2.02. The van der Waals surface area contributed by atoms with Gasteiger partial charge in [-0.25, -0.2) is 10.8 Å². The van der Waals surface area contributed by atoms with Crippen LogP contribution >= 0.6 is 11.3 Å². The Balaban J connectivity index is 1.90. The van der Waals surface area contributed by atoms with Crippen LogP contribution in [0.3, 0.4) is 0 Å². The number of amides is 1. The second kappa shape index (κ2) is 5.22. The summed E-state index contributed by atoms with van der Waals surface area (Å²) in [7, 11) is 0. The van der Waals surface area contributed by atoms with Gasteiger partial charge in [-0.15, -0.1) is 11.3 Å². The van der Waals surface area contributed by atoms with Crippen molar-refractivity contribution >= 4 is 39.2 Å². The lowest BCUT2D eigenvalue weighted by Crippen LogP contribution is -2.48. The first-order valence-corrected chi connectivity index (χ1v) is 7.29. The average Bonchev–Trinajstić information content (AvgIpc) is 2.94. The minimum absolute atomic E-state index is 0.123. The van der Waals surface area contributed by atoms with Crippen LogP contribution in [0.15, 0.2) is 11.4 Å². The first kappa shape index (κ1) is 13.1. The molecule has 3 rings (SSSR count). The highest BCUT2D eigenvalue weighted by atomic mass is 32.1. The van der Waals surface area contributed by atoms with Crippen LogP contribution in [0.5, 0.6) is 0 Å². The van der Waals surface area contributed by atoms with E-state index in [1.54, 1.807) is 18.3 Å². The number of nitrogens with two attached hydrogens (primary N) is 1. The molecule has 0 aliphatic carbocycles. The number of anilines is 2. The molecule has 0 spiro atoms. The number of thiophene rings is 1. The van der Waals surface area contributed by atoms with Gasteiger partial charge < -0.3 is 9.80 Å². The Bertz CT molecular complexity index is 634. The van der Waals surface area contributed by atoms with E-state index in [0.717, 1.165) is 42.2 Å². The normalized spacial score (nSPS) is 15.7. The molecule has 0 bridgehead atoms. The van der Waals surface area contributed by atoms with Crippen LogP contribution in [0, 0.1) is 0 Å². The van der Waals surface area contributed by atoms with Crippen molar-refractivity contribution in [2.45, 2.75) is 6.92 Å². The highest BCUT2D eigenvalue weighted by molar-refractivity contribution is 7.16. The lowest BCUT2D eigenvalue weighted by Gasteiger charge is -2.35. The monoisotopic (exact) mass is 292 g/mol. The average molecular weight is 292 g/mol. The third-order valence-corrected chi connectivity index (χ3v) is 4.27. The molecule has 0 atom stereocenters. The van der Waals surface area contributed by atoms with Gasteiger partial charge in [0, 0.05) is 33.1 Å². The van der Waals surface area contributed by atoms with Gasteiger partial charge in [-0.1, -0.05) is 0 Å². The van der Waals surface area contributed by atoms with Crippen molar-refractivity contribution < 1.29 is 4.79 Å². The lowest BCUT2D eigenvalue weighted by atomic mass is 10.2. The summed E-state index contributed by atoms with van der Waals surface area (Å²) < 4.78 is 0. The molecule has 3 N–H and O–H groups in total. The molecule has 0 saturated carbocycles. The fraction of sp³-hybridized carbons (Fsp3) is 0.417. The molecule has 8 heteroatoms. The van der Waals surface area contributed by atoms with Gasteiger partial charge in [-0.2, -0.15) is 4.98 Å². The smallest absolute Gasteiger partial charge is 0.240 e. The van der Waals surface area contributed by atoms with Crippen molar-refractivity contribution in [1.82, 2.24) is 14.9 Å². The van der Waals surface area contributed by atoms with Gasteiger partial charge in [0.25, 0.3) is 0 Å². The molecule has 0 radical (unpaired) electrons. The molecular weight excluding hydrogens is 276 g/mol. The summed E-state index contributed by atoms with van der Waals surface area (Å²) in [4.78, 5) is 25.1. The number of piperazine rings is 1. The molecule has 0 aromatic carbocycles. The Morgan fingerprint density at radius 3 is 2.75 bits per heavy atom. The van der Waals surface area contributed by atoms with E-state index in [1.807, 2.05) is 16.3 Å². The zero-order chi connectivity index (χ0) is 14.1. The predicted octanol–water partition coefficient (Wildman–Crippen LogP) is 0.645. The van der Waals surface area contributed by atoms with Gasteiger partial charge in [0.2, 0.25) is 11.9 Å². The summed E-state index contributed by atoms with van der Waals surface area (Å²) in [5.41, 5.74) is 2.51. The summed E-state index contributed by atoms with van der Waals surface area (Å²) in [6.45, 7) is 4.58. The van der Waals surface area contributed by atoms with E-state index in [1.165, 1.54) is 0 Å². The molecule has 7 nitrogen and oxygen atoms in total. The van der Waals surface area contributed by atoms with E-state index >= 15 is 0 Å². The number of rotatable bonds is 2. The fourth-order valence-electron chi connectivity index (χ4n) is 2.38. The SMILES string of the molecule is CC(=O)N1CCN(c2nc(NN)nc3sccc23)CC1. The van der Waals surface area contributed by atoms with Crippen molar-refractivity contribution in [3.05, 3.63) is 11.4 Å². The second-order valence-electron chi connectivity index (χ2n) is 4.65. The summed E-state index contributed by atoms with van der Waals surface area (Å²) >= 11 is 1.56. The van der Waals surface area contributed by atoms with Crippen LogP contribution in [0.1, 0.15) is 6.92 Å². The summed E-state index contributed by atoms with van der Waals surface area (Å²) in [5.74, 6) is 6.85. The number of hydrogen-bond acceptors (Lipinski definition) is 7. The highest BCUT2D eigenvalue weighted by Crippen LogP contribution is 2.29. The first-order chi connectivity index (χ1) is 9.69. The maximum Gasteiger partial charge on any atom is 0.240 e. The van der Waals surface area contributed by atoms with Crippen LogP contribution < -0.4 is 16.2 Å². The lowest BCUT2D eigenvalue weighted by molar-refractivity contribution is -0.129. The third kappa shape index (κ3) is 2.27. The third-order valence-electron chi connectivity index (χ3n) is 3.46. The number of aromatic nitrogens is 2. The zero-order valence-electron chi connectivity index (χ0n) is 11.2. The topological polar surface area (TPSA) is 87.4 Å². The van der Waals surface area contributed by atoms with Gasteiger partial charge in [0.1, 0.15) is 10.6 Å². The molecule has 1 aliphatic heterocycles. The predicted molar refractivity (Wildman–Crippen MR) is 79.7 cm³/mol. The van der Waals surface area contributed by atoms with E-state index in [4.69, 9.17) is 5.84 Å². The van der Waals surface area contributed by atoms with Crippen LogP contribution in [-0.4, -0.2) is 47.0 Å². The largest absolute Gasteiger partial charge is 0.352 e. The quantitative estimate of drug-likeness (QED) is 0.624. The van der Waals surface area contributed by atoms with Crippen molar-refractivity contribution in [3.8, 4) is 0 Å². The Morgan fingerprint density at radius 2 is 2.10 bits per heavy atom. The van der Waals surface area contributed by atoms with Crippen LogP contribution in [0.25, 0.3) is 10.2 Å². The van der Waals surface area contributed by atoms with Crippen LogP contribution in [-0.2, 0) is 4.79 Å². The Labute approximate surface area is 120 Å². The number of nitrogen functional groups attached to an aromatic ring is 1. The number of nitrogens with one attached hydrogen (secondary N) is 1. The van der Waals surface area contributed by atoms with E-state index in [2.05, 4.69) is 20.3 Å². The van der Waals surface area contributed by atoms with Gasteiger partial charge in [0.05, 0.1) is 5.39 Å². The number of nitrogens with zero attached hydrogens (tertiary/aromatic N) is 4. The van der Waals surface area contributed by atoms with Crippen LogP contribution in [0.4, 0.5) is 11.8 Å². The molecule has 2 aromatic heterocycles. The standard InChI is InChI=1S/C12H16N6OS/c1-8(19)17-3-5-18(6-4-17)10-9-2-7-20-11(9)15-12(14-10)16-13/h2,7H,3-6,13H2,1H3,(H,14,15,16). The molecule has 20 heavy (non-hydrogen) atoms. The molecule has 1 saturated heterocycles. The zero-order valence-corrected chi connectivity index (χ0v) is 12.0. The molecule has 3 heterocycles. The van der Waals surface area contributed by atoms with Crippen molar-refractivity contribution in [2.24, 2.45) is 5.84 Å². The van der Waals surface area contributed by atoms with Gasteiger partial charge >= 0.3 is 0 Å².